The summed E-state index contributed by atoms with van der Waals surface area (Å²) in [6.07, 6.45) is 51.9. The van der Waals surface area contributed by atoms with E-state index in [2.05, 4.69) is 50.3 Å². The molecule has 2 atom stereocenters. The number of phosphoric ester groups is 1. The standard InChI is InChI=1S/C50H96NO7P/c1-6-8-10-12-14-16-18-20-22-23-24-25-26-27-28-29-30-31-33-35-37-39-41-43-50(52)58-49(48-57-59(53,54)56-46-44-51(3,4)5)47-55-45-42-40-38-36-34-32-21-19-17-15-13-11-9-7-2/h11,13,17,19,23-24,49H,6-10,12,14-16,18,20-22,25-48H2,1-5H3/p+1/b13-11-,19-17-,24-23-. The molecule has 0 saturated heterocycles. The Hall–Kier alpha value is -1.28. The molecule has 0 spiro atoms. The van der Waals surface area contributed by atoms with Crippen molar-refractivity contribution in [1.29, 1.82) is 0 Å². The van der Waals surface area contributed by atoms with Crippen molar-refractivity contribution < 1.29 is 37.3 Å². The molecule has 0 aromatic heterocycles. The van der Waals surface area contributed by atoms with E-state index in [1.54, 1.807) is 0 Å². The largest absolute Gasteiger partial charge is 0.472 e. The fourth-order valence-electron chi connectivity index (χ4n) is 6.82. The number of quaternary nitrogens is 1. The van der Waals surface area contributed by atoms with E-state index in [1.165, 1.54) is 154 Å². The molecule has 0 saturated carbocycles. The molecule has 0 aliphatic heterocycles. The minimum atomic E-state index is -4.28. The van der Waals surface area contributed by atoms with E-state index in [-0.39, 0.29) is 25.8 Å². The van der Waals surface area contributed by atoms with Gasteiger partial charge < -0.3 is 18.9 Å². The molecular formula is C50H97NO7P+. The van der Waals surface area contributed by atoms with Crippen molar-refractivity contribution in [2.45, 2.75) is 225 Å². The molecule has 8 nitrogen and oxygen atoms in total. The molecule has 0 fully saturated rings. The Morgan fingerprint density at radius 1 is 0.525 bits per heavy atom. The molecule has 1 N–H and O–H groups in total. The lowest BCUT2D eigenvalue weighted by molar-refractivity contribution is -0.870. The molecule has 2 unspecified atom stereocenters. The molecular weight excluding hydrogens is 758 g/mol. The van der Waals surface area contributed by atoms with Gasteiger partial charge in [-0.2, -0.15) is 0 Å². The summed E-state index contributed by atoms with van der Waals surface area (Å²) in [6, 6.07) is 0. The van der Waals surface area contributed by atoms with Gasteiger partial charge in [0.15, 0.2) is 0 Å². The minimum Gasteiger partial charge on any atom is -0.457 e. The number of rotatable bonds is 46. The summed E-state index contributed by atoms with van der Waals surface area (Å²) in [5.41, 5.74) is 0. The van der Waals surface area contributed by atoms with E-state index in [0.29, 0.717) is 24.1 Å². The summed E-state index contributed by atoms with van der Waals surface area (Å²) in [5, 5.41) is 0. The van der Waals surface area contributed by atoms with E-state index in [4.69, 9.17) is 18.5 Å². The Labute approximate surface area is 365 Å². The van der Waals surface area contributed by atoms with Crippen LogP contribution in [0.2, 0.25) is 0 Å². The van der Waals surface area contributed by atoms with Gasteiger partial charge in [-0.05, 0) is 64.2 Å². The summed E-state index contributed by atoms with van der Waals surface area (Å²) in [6.45, 7) is 5.56. The summed E-state index contributed by atoms with van der Waals surface area (Å²) < 4.78 is 35.1. The second-order valence-corrected chi connectivity index (χ2v) is 19.3. The van der Waals surface area contributed by atoms with Gasteiger partial charge in [-0.1, -0.05) is 185 Å². The number of hydrogen-bond acceptors (Lipinski definition) is 6. The van der Waals surface area contributed by atoms with Crippen LogP contribution in [0.3, 0.4) is 0 Å². The van der Waals surface area contributed by atoms with Crippen molar-refractivity contribution >= 4 is 13.8 Å². The lowest BCUT2D eigenvalue weighted by atomic mass is 10.0. The monoisotopic (exact) mass is 855 g/mol. The first-order chi connectivity index (χ1) is 28.6. The summed E-state index contributed by atoms with van der Waals surface area (Å²) >= 11 is 0. The molecule has 0 aromatic rings. The number of carbonyl (C=O) groups excluding carboxylic acids is 1. The van der Waals surface area contributed by atoms with Crippen LogP contribution in [0.1, 0.15) is 219 Å². The molecule has 0 aliphatic rings. The van der Waals surface area contributed by atoms with Crippen LogP contribution < -0.4 is 0 Å². The van der Waals surface area contributed by atoms with Crippen molar-refractivity contribution in [2.24, 2.45) is 0 Å². The van der Waals surface area contributed by atoms with Crippen LogP contribution in [0.15, 0.2) is 36.5 Å². The first-order valence-electron chi connectivity index (χ1n) is 24.7. The molecule has 0 bridgehead atoms. The summed E-state index contributed by atoms with van der Waals surface area (Å²) in [7, 11) is 1.66. The summed E-state index contributed by atoms with van der Waals surface area (Å²) in [4.78, 5) is 23.0. The van der Waals surface area contributed by atoms with Crippen molar-refractivity contribution in [1.82, 2.24) is 0 Å². The van der Waals surface area contributed by atoms with E-state index in [0.717, 1.165) is 44.9 Å². The number of nitrogens with zero attached hydrogens (tertiary/aromatic N) is 1. The zero-order valence-electron chi connectivity index (χ0n) is 39.5. The molecule has 0 heterocycles. The second-order valence-electron chi connectivity index (χ2n) is 17.8. The first kappa shape index (κ1) is 57.7. The third-order valence-corrected chi connectivity index (χ3v) is 11.6. The first-order valence-corrected chi connectivity index (χ1v) is 26.2. The number of ether oxygens (including phenoxy) is 2. The van der Waals surface area contributed by atoms with Gasteiger partial charge in [0.2, 0.25) is 0 Å². The molecule has 0 rings (SSSR count). The van der Waals surface area contributed by atoms with E-state index in [1.807, 2.05) is 21.1 Å². The van der Waals surface area contributed by atoms with Crippen molar-refractivity contribution in [3.8, 4) is 0 Å². The third kappa shape index (κ3) is 47.6. The van der Waals surface area contributed by atoms with Gasteiger partial charge in [-0.15, -0.1) is 0 Å². The highest BCUT2D eigenvalue weighted by Gasteiger charge is 2.26. The molecule has 0 amide bonds. The van der Waals surface area contributed by atoms with E-state index >= 15 is 0 Å². The van der Waals surface area contributed by atoms with Gasteiger partial charge in [-0.3, -0.25) is 13.8 Å². The topological polar surface area (TPSA) is 91.3 Å². The highest BCUT2D eigenvalue weighted by Crippen LogP contribution is 2.43. The fraction of sp³-hybridized carbons (Fsp3) is 0.860. The highest BCUT2D eigenvalue weighted by molar-refractivity contribution is 7.47. The summed E-state index contributed by atoms with van der Waals surface area (Å²) in [5.74, 6) is -0.317. The second kappa shape index (κ2) is 43.4. The molecule has 9 heteroatoms. The predicted molar refractivity (Wildman–Crippen MR) is 252 cm³/mol. The van der Waals surface area contributed by atoms with Gasteiger partial charge in [-0.25, -0.2) is 4.57 Å². The van der Waals surface area contributed by atoms with Crippen molar-refractivity contribution in [3.63, 3.8) is 0 Å². The normalized spacial score (nSPS) is 13.9. The Kier molecular flexibility index (Phi) is 42.4. The number of esters is 1. The number of phosphoric acid groups is 1. The van der Waals surface area contributed by atoms with Gasteiger partial charge in [0.05, 0.1) is 34.4 Å². The molecule has 348 valence electrons. The van der Waals surface area contributed by atoms with E-state index in [9.17, 15) is 14.3 Å². The number of unbranched alkanes of at least 4 members (excludes halogenated alkanes) is 26. The Bertz CT molecular complexity index is 1040. The maximum absolute atomic E-state index is 12.7. The van der Waals surface area contributed by atoms with Crippen LogP contribution in [0.4, 0.5) is 0 Å². The lowest BCUT2D eigenvalue weighted by Crippen LogP contribution is -2.37. The van der Waals surface area contributed by atoms with Crippen molar-refractivity contribution in [3.05, 3.63) is 36.5 Å². The van der Waals surface area contributed by atoms with Gasteiger partial charge in [0, 0.05) is 13.0 Å². The molecule has 0 aromatic carbocycles. The quantitative estimate of drug-likeness (QED) is 0.0214. The van der Waals surface area contributed by atoms with Gasteiger partial charge >= 0.3 is 13.8 Å². The smallest absolute Gasteiger partial charge is 0.457 e. The zero-order chi connectivity index (χ0) is 43.4. The Morgan fingerprint density at radius 3 is 1.46 bits per heavy atom. The number of hydrogen-bond donors (Lipinski definition) is 1. The number of likely N-dealkylation sites (N-methyl/N-ethyl adjacent to an activating group) is 1. The predicted octanol–water partition coefficient (Wildman–Crippen LogP) is 14.9. The van der Waals surface area contributed by atoms with Gasteiger partial charge in [0.1, 0.15) is 19.3 Å². The van der Waals surface area contributed by atoms with Crippen LogP contribution in [-0.2, 0) is 27.9 Å². The maximum atomic E-state index is 12.7. The fourth-order valence-corrected chi connectivity index (χ4v) is 7.56. The minimum absolute atomic E-state index is 0.0865. The molecule has 0 aliphatic carbocycles. The van der Waals surface area contributed by atoms with Gasteiger partial charge in [0.25, 0.3) is 0 Å². The molecule has 59 heavy (non-hydrogen) atoms. The van der Waals surface area contributed by atoms with Crippen LogP contribution >= 0.6 is 7.82 Å². The Morgan fingerprint density at radius 2 is 0.966 bits per heavy atom. The average molecular weight is 855 g/mol. The van der Waals surface area contributed by atoms with E-state index < -0.39 is 13.9 Å². The maximum Gasteiger partial charge on any atom is 0.472 e. The van der Waals surface area contributed by atoms with Crippen LogP contribution in [0.25, 0.3) is 0 Å². The average Bonchev–Trinajstić information content (AvgIpc) is 3.19. The van der Waals surface area contributed by atoms with Crippen LogP contribution in [-0.4, -0.2) is 75.6 Å². The number of carbonyl (C=O) groups is 1. The van der Waals surface area contributed by atoms with Crippen LogP contribution in [0.5, 0.6) is 0 Å². The van der Waals surface area contributed by atoms with Crippen LogP contribution in [0, 0.1) is 0 Å². The SMILES string of the molecule is CCC/C=C\C/C=C\CCCCCCCCOCC(COP(=O)(O)OCC[N+](C)(C)C)OC(=O)CCCCCCCCCCCCC/C=C\CCCCCCCCCC. The molecule has 0 radical (unpaired) electrons. The zero-order valence-corrected chi connectivity index (χ0v) is 40.4. The Balaban J connectivity index is 4.11. The number of allylic oxidation sites excluding steroid dienone is 6. The van der Waals surface area contributed by atoms with Crippen molar-refractivity contribution in [2.75, 3.05) is 54.1 Å². The highest BCUT2D eigenvalue weighted by atomic mass is 31.2. The lowest BCUT2D eigenvalue weighted by Gasteiger charge is -2.24. The third-order valence-electron chi connectivity index (χ3n) is 10.7.